The second-order valence-electron chi connectivity index (χ2n) is 13.1. The Morgan fingerprint density at radius 2 is 1.67 bits per heavy atom. The Morgan fingerprint density at radius 1 is 0.978 bits per heavy atom. The number of ether oxygens (including phenoxy) is 3. The molecule has 45 heavy (non-hydrogen) atoms. The molecule has 0 radical (unpaired) electrons. The molecule has 0 aromatic heterocycles. The van der Waals surface area contributed by atoms with E-state index in [2.05, 4.69) is 5.32 Å². The first-order valence-electron chi connectivity index (χ1n) is 15.7. The van der Waals surface area contributed by atoms with Gasteiger partial charge in [-0.15, -0.1) is 0 Å². The maximum Gasteiger partial charge on any atom is 0.410 e. The smallest absolute Gasteiger partial charge is 0.410 e. The quantitative estimate of drug-likeness (QED) is 0.358. The molecular weight excluding hydrogens is 584 g/mol. The topological polar surface area (TPSA) is 97.4 Å². The number of alkyl halides is 1. The van der Waals surface area contributed by atoms with Gasteiger partial charge in [-0.05, 0) is 94.7 Å². The minimum Gasteiger partial charge on any atom is -0.493 e. The minimum atomic E-state index is -1.12. The number of amides is 3. The molecule has 0 unspecified atom stereocenters. The molecule has 2 aromatic carbocycles. The van der Waals surface area contributed by atoms with Gasteiger partial charge in [0.2, 0.25) is 5.91 Å². The lowest BCUT2D eigenvalue weighted by Gasteiger charge is -2.31. The maximum atomic E-state index is 15.5. The first-order chi connectivity index (χ1) is 21.3. The van der Waals surface area contributed by atoms with E-state index in [1.807, 2.05) is 38.1 Å². The monoisotopic (exact) mass is 629 g/mol. The molecule has 2 heterocycles. The number of nitrogens with one attached hydrogen (secondary N) is 1. The largest absolute Gasteiger partial charge is 0.493 e. The maximum absolute atomic E-state index is 15.5. The second kappa shape index (κ2) is 14.9. The van der Waals surface area contributed by atoms with Crippen LogP contribution in [0.15, 0.2) is 42.5 Å². The predicted octanol–water partition coefficient (Wildman–Crippen LogP) is 6.13. The SMILES string of the molecule is CC(C)OC(=O)N1CCC(COc2cccc(-c3ccc(C[C@H](NC(=O)OC(C)(C)C)C(=O)N4CC[C@H](F)C4)c(F)c3)c2)CC1. The van der Waals surface area contributed by atoms with Crippen molar-refractivity contribution < 1.29 is 37.4 Å². The summed E-state index contributed by atoms with van der Waals surface area (Å²) in [6.45, 7) is 10.7. The lowest BCUT2D eigenvalue weighted by atomic mass is 9.98. The van der Waals surface area contributed by atoms with Crippen LogP contribution in [0.2, 0.25) is 0 Å². The Bertz CT molecular complexity index is 1340. The van der Waals surface area contributed by atoms with Crippen molar-refractivity contribution in [2.24, 2.45) is 5.92 Å². The van der Waals surface area contributed by atoms with Crippen LogP contribution < -0.4 is 10.1 Å². The molecule has 0 bridgehead atoms. The van der Waals surface area contributed by atoms with Gasteiger partial charge >= 0.3 is 12.2 Å². The van der Waals surface area contributed by atoms with Crippen molar-refractivity contribution in [3.63, 3.8) is 0 Å². The summed E-state index contributed by atoms with van der Waals surface area (Å²) in [4.78, 5) is 41.0. The summed E-state index contributed by atoms with van der Waals surface area (Å²) in [6, 6.07) is 11.0. The second-order valence-corrected chi connectivity index (χ2v) is 13.1. The highest BCUT2D eigenvalue weighted by Gasteiger charge is 2.33. The minimum absolute atomic E-state index is 0.0582. The zero-order valence-corrected chi connectivity index (χ0v) is 26.8. The van der Waals surface area contributed by atoms with Crippen molar-refractivity contribution >= 4 is 18.1 Å². The van der Waals surface area contributed by atoms with Crippen molar-refractivity contribution in [3.8, 4) is 16.9 Å². The Hall–Kier alpha value is -3.89. The van der Waals surface area contributed by atoms with E-state index in [4.69, 9.17) is 14.2 Å². The average molecular weight is 630 g/mol. The van der Waals surface area contributed by atoms with Gasteiger partial charge in [-0.3, -0.25) is 4.79 Å². The van der Waals surface area contributed by atoms with E-state index >= 15 is 4.39 Å². The summed E-state index contributed by atoms with van der Waals surface area (Å²) in [6.07, 6.45) is -0.608. The van der Waals surface area contributed by atoms with Crippen LogP contribution >= 0.6 is 0 Å². The van der Waals surface area contributed by atoms with Crippen LogP contribution in [0.1, 0.15) is 59.4 Å². The third-order valence-corrected chi connectivity index (χ3v) is 7.77. The zero-order valence-electron chi connectivity index (χ0n) is 26.8. The lowest BCUT2D eigenvalue weighted by molar-refractivity contribution is -0.132. The molecule has 0 spiro atoms. The molecule has 0 aliphatic carbocycles. The number of likely N-dealkylation sites (tertiary alicyclic amines) is 2. The van der Waals surface area contributed by atoms with Gasteiger partial charge < -0.3 is 29.3 Å². The van der Waals surface area contributed by atoms with E-state index in [9.17, 15) is 18.8 Å². The van der Waals surface area contributed by atoms with Gasteiger partial charge in [0, 0.05) is 26.1 Å². The summed E-state index contributed by atoms with van der Waals surface area (Å²) < 4.78 is 46.0. The first-order valence-corrected chi connectivity index (χ1v) is 15.7. The van der Waals surface area contributed by atoms with Gasteiger partial charge in [0.15, 0.2) is 0 Å². The molecule has 9 nitrogen and oxygen atoms in total. The molecule has 11 heteroatoms. The standard InChI is InChI=1S/C34H45F2N3O6/c1-22(2)44-33(42)38-14-11-23(12-15-38)21-43-28-8-6-7-24(17-28)25-9-10-26(29(36)18-25)19-30(37-32(41)45-34(3,4)5)31(40)39-16-13-27(35)20-39/h6-10,17-18,22-23,27,30H,11-16,19-21H2,1-5H3,(H,37,41)/t27-,30-/m0/s1. The van der Waals surface area contributed by atoms with Gasteiger partial charge in [0.05, 0.1) is 19.3 Å². The van der Waals surface area contributed by atoms with Crippen molar-refractivity contribution in [3.05, 3.63) is 53.8 Å². The fourth-order valence-corrected chi connectivity index (χ4v) is 5.44. The molecule has 1 N–H and O–H groups in total. The predicted molar refractivity (Wildman–Crippen MR) is 166 cm³/mol. The molecule has 2 saturated heterocycles. The number of carbonyl (C=O) groups is 3. The van der Waals surface area contributed by atoms with Gasteiger partial charge in [-0.25, -0.2) is 18.4 Å². The van der Waals surface area contributed by atoms with Crippen LogP contribution in [0.5, 0.6) is 5.75 Å². The average Bonchev–Trinajstić information content (AvgIpc) is 3.41. The molecule has 0 saturated carbocycles. The lowest BCUT2D eigenvalue weighted by Crippen LogP contribution is -2.50. The normalized spacial score (nSPS) is 18.1. The molecule has 4 rings (SSSR count). The van der Waals surface area contributed by atoms with Gasteiger partial charge in [0.1, 0.15) is 29.4 Å². The van der Waals surface area contributed by atoms with E-state index in [1.165, 1.54) is 11.0 Å². The Balaban J connectivity index is 1.39. The number of hydrogen-bond acceptors (Lipinski definition) is 6. The van der Waals surface area contributed by atoms with E-state index in [0.29, 0.717) is 36.9 Å². The molecular formula is C34H45F2N3O6. The molecule has 3 amide bonds. The van der Waals surface area contributed by atoms with E-state index in [0.717, 1.165) is 18.4 Å². The number of piperidine rings is 1. The van der Waals surface area contributed by atoms with Crippen LogP contribution in [-0.2, 0) is 20.7 Å². The summed E-state index contributed by atoms with van der Waals surface area (Å²) >= 11 is 0. The number of halogens is 2. The number of rotatable bonds is 9. The molecule has 246 valence electrons. The molecule has 2 atom stereocenters. The number of carbonyl (C=O) groups excluding carboxylic acids is 3. The highest BCUT2D eigenvalue weighted by atomic mass is 19.1. The fourth-order valence-electron chi connectivity index (χ4n) is 5.44. The van der Waals surface area contributed by atoms with Crippen molar-refractivity contribution in [2.45, 2.75) is 84.2 Å². The number of alkyl carbamates (subject to hydrolysis) is 1. The van der Waals surface area contributed by atoms with Gasteiger partial charge in [-0.2, -0.15) is 0 Å². The van der Waals surface area contributed by atoms with E-state index in [1.54, 1.807) is 37.8 Å². The van der Waals surface area contributed by atoms with Crippen LogP contribution in [0.3, 0.4) is 0 Å². The molecule has 2 aliphatic heterocycles. The summed E-state index contributed by atoms with van der Waals surface area (Å²) in [5.74, 6) is -0.0527. The number of hydrogen-bond donors (Lipinski definition) is 1. The Morgan fingerprint density at radius 3 is 2.29 bits per heavy atom. The number of nitrogens with zero attached hydrogens (tertiary/aromatic N) is 2. The van der Waals surface area contributed by atoms with Crippen LogP contribution in [0, 0.1) is 11.7 Å². The number of benzene rings is 2. The summed E-state index contributed by atoms with van der Waals surface area (Å²) in [5.41, 5.74) is 0.831. The highest BCUT2D eigenvalue weighted by molar-refractivity contribution is 5.86. The van der Waals surface area contributed by atoms with Crippen LogP contribution in [0.4, 0.5) is 18.4 Å². The molecule has 2 aliphatic rings. The van der Waals surface area contributed by atoms with E-state index in [-0.39, 0.29) is 43.7 Å². The highest BCUT2D eigenvalue weighted by Crippen LogP contribution is 2.28. The van der Waals surface area contributed by atoms with Gasteiger partial charge in [-0.1, -0.05) is 24.3 Å². The van der Waals surface area contributed by atoms with Crippen molar-refractivity contribution in [1.29, 1.82) is 0 Å². The van der Waals surface area contributed by atoms with Crippen molar-refractivity contribution in [1.82, 2.24) is 15.1 Å². The van der Waals surface area contributed by atoms with Crippen molar-refractivity contribution in [2.75, 3.05) is 32.8 Å². The molecule has 2 fully saturated rings. The third-order valence-electron chi connectivity index (χ3n) is 7.77. The summed E-state index contributed by atoms with van der Waals surface area (Å²) in [5, 5.41) is 2.57. The van der Waals surface area contributed by atoms with Crippen LogP contribution in [0.25, 0.3) is 11.1 Å². The summed E-state index contributed by atoms with van der Waals surface area (Å²) in [7, 11) is 0. The third kappa shape index (κ3) is 10.1. The van der Waals surface area contributed by atoms with E-state index < -0.39 is 35.6 Å². The first kappa shape index (κ1) is 34.0. The Labute approximate surface area is 264 Å². The molecule has 2 aromatic rings. The zero-order chi connectivity index (χ0) is 32.7. The Kier molecular flexibility index (Phi) is 11.3. The fraction of sp³-hybridized carbons (Fsp3) is 0.559. The van der Waals surface area contributed by atoms with Gasteiger partial charge in [0.25, 0.3) is 0 Å². The van der Waals surface area contributed by atoms with Crippen LogP contribution in [-0.4, -0.2) is 84.6 Å².